The van der Waals surface area contributed by atoms with Gasteiger partial charge in [0.15, 0.2) is 0 Å². The molecule has 0 aliphatic carbocycles. The van der Waals surface area contributed by atoms with Crippen molar-refractivity contribution in [1.29, 1.82) is 0 Å². The minimum absolute atomic E-state index is 0.188. The highest BCUT2D eigenvalue weighted by atomic mass is 32.2. The highest BCUT2D eigenvalue weighted by molar-refractivity contribution is 8.15. The zero-order valence-corrected chi connectivity index (χ0v) is 9.05. The lowest BCUT2D eigenvalue weighted by atomic mass is 10.1. The average Bonchev–Trinajstić information content (AvgIpc) is 1.93. The third-order valence-corrected chi connectivity index (χ3v) is 3.24. The smallest absolute Gasteiger partial charge is 0.0785 e. The van der Waals surface area contributed by atoms with Gasteiger partial charge in [0.2, 0.25) is 0 Å². The van der Waals surface area contributed by atoms with Crippen molar-refractivity contribution in [3.63, 3.8) is 0 Å². The summed E-state index contributed by atoms with van der Waals surface area (Å²) < 4.78 is 0. The molecule has 0 saturated carbocycles. The lowest BCUT2D eigenvalue weighted by Crippen LogP contribution is -2.34. The second-order valence-electron chi connectivity index (χ2n) is 3.34. The van der Waals surface area contributed by atoms with E-state index in [-0.39, 0.29) is 10.9 Å². The van der Waals surface area contributed by atoms with Gasteiger partial charge in [-0.2, -0.15) is 0 Å². The maximum Gasteiger partial charge on any atom is 0.0785 e. The lowest BCUT2D eigenvalue weighted by Gasteiger charge is -2.31. The van der Waals surface area contributed by atoms with Crippen molar-refractivity contribution in [2.45, 2.75) is 19.3 Å². The lowest BCUT2D eigenvalue weighted by molar-refractivity contribution is 0.430. The van der Waals surface area contributed by atoms with Crippen LogP contribution in [0.25, 0.3) is 0 Å². The summed E-state index contributed by atoms with van der Waals surface area (Å²) in [6.07, 6.45) is 8.42. The minimum Gasteiger partial charge on any atom is -0.359 e. The van der Waals surface area contributed by atoms with E-state index in [0.29, 0.717) is 0 Å². The van der Waals surface area contributed by atoms with Crippen LogP contribution >= 0.6 is 23.1 Å². The molecule has 0 spiro atoms. The fourth-order valence-electron chi connectivity index (χ4n) is 1.35. The molecule has 1 rings (SSSR count). The van der Waals surface area contributed by atoms with Crippen LogP contribution in [0, 0.1) is 0 Å². The maximum atomic E-state index is 5.28. The van der Waals surface area contributed by atoms with E-state index >= 15 is 0 Å². The molecule has 0 radical (unpaired) electrons. The molecule has 1 aliphatic heterocycles. The Morgan fingerprint density at radius 2 is 2.18 bits per heavy atom. The second kappa shape index (κ2) is 4.31. The average molecular weight is 191 g/mol. The minimum atomic E-state index is 0.188. The standard InChI is InChI=1S/C8H17NS2/c1-11(2)7-9-6-4-3-5-8(9)10/h11H,3-7H2,1-2H3. The van der Waals surface area contributed by atoms with Crippen molar-refractivity contribution >= 4 is 28.1 Å². The largest absolute Gasteiger partial charge is 0.359 e. The van der Waals surface area contributed by atoms with Gasteiger partial charge in [-0.3, -0.25) is 0 Å². The van der Waals surface area contributed by atoms with Gasteiger partial charge in [0, 0.05) is 12.4 Å². The number of nitrogens with zero attached hydrogens (tertiary/aromatic N) is 1. The summed E-state index contributed by atoms with van der Waals surface area (Å²) in [6, 6.07) is 0. The Hall–Kier alpha value is 0.240. The molecule has 0 aromatic heterocycles. The number of hydrogen-bond acceptors (Lipinski definition) is 1. The number of thiocarbonyl (C=S) groups is 1. The molecule has 3 heteroatoms. The molecular weight excluding hydrogens is 174 g/mol. The van der Waals surface area contributed by atoms with Crippen LogP contribution in [0.5, 0.6) is 0 Å². The third kappa shape index (κ3) is 2.99. The fraction of sp³-hybridized carbons (Fsp3) is 0.875. The monoisotopic (exact) mass is 191 g/mol. The molecule has 1 fully saturated rings. The van der Waals surface area contributed by atoms with Crippen molar-refractivity contribution < 1.29 is 0 Å². The normalized spacial score (nSPS) is 20.4. The first-order valence-electron chi connectivity index (χ1n) is 4.12. The van der Waals surface area contributed by atoms with E-state index in [2.05, 4.69) is 17.4 Å². The van der Waals surface area contributed by atoms with Gasteiger partial charge < -0.3 is 4.90 Å². The first kappa shape index (κ1) is 9.33. The highest BCUT2D eigenvalue weighted by Crippen LogP contribution is 2.20. The summed E-state index contributed by atoms with van der Waals surface area (Å²) in [4.78, 5) is 3.59. The van der Waals surface area contributed by atoms with E-state index < -0.39 is 0 Å². The van der Waals surface area contributed by atoms with Crippen molar-refractivity contribution in [2.75, 3.05) is 24.9 Å². The van der Waals surface area contributed by atoms with Crippen LogP contribution in [-0.2, 0) is 0 Å². The number of hydrogen-bond donors (Lipinski definition) is 1. The summed E-state index contributed by atoms with van der Waals surface area (Å²) in [5.41, 5.74) is 0. The molecule has 0 unspecified atom stereocenters. The Kier molecular flexibility index (Phi) is 3.66. The Balaban J connectivity index is 2.36. The predicted molar refractivity (Wildman–Crippen MR) is 58.9 cm³/mol. The Morgan fingerprint density at radius 3 is 2.73 bits per heavy atom. The number of piperidine rings is 1. The molecule has 1 aliphatic rings. The molecular formula is C8H17NS2. The molecule has 1 saturated heterocycles. The van der Waals surface area contributed by atoms with Crippen molar-refractivity contribution in [3.8, 4) is 0 Å². The van der Waals surface area contributed by atoms with Gasteiger partial charge in [0.1, 0.15) is 0 Å². The van der Waals surface area contributed by atoms with Crippen LogP contribution < -0.4 is 0 Å². The first-order chi connectivity index (χ1) is 5.20. The zero-order chi connectivity index (χ0) is 8.27. The van der Waals surface area contributed by atoms with Gasteiger partial charge >= 0.3 is 0 Å². The molecule has 0 atom stereocenters. The summed E-state index contributed by atoms with van der Waals surface area (Å²) in [6.45, 7) is 1.21. The third-order valence-electron chi connectivity index (χ3n) is 1.87. The summed E-state index contributed by atoms with van der Waals surface area (Å²) >= 11 is 5.28. The molecule has 0 bridgehead atoms. The maximum absolute atomic E-state index is 5.28. The van der Waals surface area contributed by atoms with Crippen LogP contribution in [0.1, 0.15) is 19.3 Å². The van der Waals surface area contributed by atoms with Crippen LogP contribution in [0.3, 0.4) is 0 Å². The quantitative estimate of drug-likeness (QED) is 0.525. The van der Waals surface area contributed by atoms with E-state index in [1.165, 1.54) is 30.3 Å². The Labute approximate surface area is 77.5 Å². The molecule has 1 heterocycles. The van der Waals surface area contributed by atoms with E-state index in [0.717, 1.165) is 6.42 Å². The summed E-state index contributed by atoms with van der Waals surface area (Å²) in [5, 5.41) is 0. The second-order valence-corrected chi connectivity index (χ2v) is 6.25. The van der Waals surface area contributed by atoms with E-state index in [4.69, 9.17) is 12.2 Å². The molecule has 0 N–H and O–H groups in total. The number of likely N-dealkylation sites (tertiary alicyclic amines) is 1. The molecule has 0 aromatic rings. The van der Waals surface area contributed by atoms with Gasteiger partial charge in [0.05, 0.1) is 4.99 Å². The topological polar surface area (TPSA) is 3.24 Å². The number of rotatable bonds is 2. The van der Waals surface area contributed by atoms with Crippen molar-refractivity contribution in [3.05, 3.63) is 0 Å². The Bertz CT molecular complexity index is 145. The van der Waals surface area contributed by atoms with E-state index in [9.17, 15) is 0 Å². The molecule has 66 valence electrons. The van der Waals surface area contributed by atoms with E-state index in [1.807, 2.05) is 0 Å². The summed E-state index contributed by atoms with van der Waals surface area (Å²) in [5.74, 6) is 1.22. The molecule has 0 amide bonds. The van der Waals surface area contributed by atoms with Crippen molar-refractivity contribution in [1.82, 2.24) is 4.90 Å². The highest BCUT2D eigenvalue weighted by Gasteiger charge is 2.13. The SMILES string of the molecule is C[SH](C)CN1CCCCC1=S. The Morgan fingerprint density at radius 1 is 1.45 bits per heavy atom. The zero-order valence-electron chi connectivity index (χ0n) is 7.34. The van der Waals surface area contributed by atoms with Crippen LogP contribution in [-0.4, -0.2) is 34.8 Å². The fourth-order valence-corrected chi connectivity index (χ4v) is 2.74. The van der Waals surface area contributed by atoms with E-state index in [1.54, 1.807) is 0 Å². The molecule has 0 aromatic carbocycles. The van der Waals surface area contributed by atoms with Gasteiger partial charge in [0.25, 0.3) is 0 Å². The van der Waals surface area contributed by atoms with Crippen LogP contribution in [0.2, 0.25) is 0 Å². The molecule has 1 nitrogen and oxygen atoms in total. The van der Waals surface area contributed by atoms with Gasteiger partial charge in [-0.25, -0.2) is 10.9 Å². The van der Waals surface area contributed by atoms with Gasteiger partial charge in [-0.05, 0) is 31.8 Å². The van der Waals surface area contributed by atoms with Gasteiger partial charge in [-0.1, -0.05) is 12.2 Å². The first-order valence-corrected chi connectivity index (χ1v) is 6.95. The van der Waals surface area contributed by atoms with Crippen LogP contribution in [0.15, 0.2) is 0 Å². The molecule has 11 heavy (non-hydrogen) atoms. The number of thiol groups is 1. The van der Waals surface area contributed by atoms with Gasteiger partial charge in [-0.15, -0.1) is 0 Å². The van der Waals surface area contributed by atoms with Crippen molar-refractivity contribution in [2.24, 2.45) is 0 Å². The summed E-state index contributed by atoms with van der Waals surface area (Å²) in [7, 11) is 0.188. The van der Waals surface area contributed by atoms with Crippen LogP contribution in [0.4, 0.5) is 0 Å². The predicted octanol–water partition coefficient (Wildman–Crippen LogP) is 2.02.